The molecule has 94 valence electrons. The summed E-state index contributed by atoms with van der Waals surface area (Å²) >= 11 is 5.62. The minimum Gasteiger partial charge on any atom is -0.305 e. The van der Waals surface area contributed by atoms with E-state index in [2.05, 4.69) is 25.5 Å². The lowest BCUT2D eigenvalue weighted by molar-refractivity contribution is 0.102. The number of halogens is 1. The molecule has 0 saturated heterocycles. The first-order valence-corrected chi connectivity index (χ1v) is 5.82. The van der Waals surface area contributed by atoms with Crippen LogP contribution in [0.5, 0.6) is 0 Å². The number of rotatable bonds is 2. The zero-order chi connectivity index (χ0) is 13.2. The fourth-order valence-electron chi connectivity index (χ4n) is 1.64. The lowest BCUT2D eigenvalue weighted by Crippen LogP contribution is -2.13. The van der Waals surface area contributed by atoms with Crippen LogP contribution in [0.4, 0.5) is 5.82 Å². The summed E-state index contributed by atoms with van der Waals surface area (Å²) in [6.45, 7) is 0. The van der Waals surface area contributed by atoms with Crippen molar-refractivity contribution in [2.75, 3.05) is 5.32 Å². The highest BCUT2D eigenvalue weighted by molar-refractivity contribution is 6.29. The Kier molecular flexibility index (Phi) is 2.85. The molecule has 7 heteroatoms. The highest BCUT2D eigenvalue weighted by atomic mass is 35.5. The Morgan fingerprint density at radius 3 is 2.89 bits per heavy atom. The Morgan fingerprint density at radius 2 is 2.11 bits per heavy atom. The zero-order valence-electron chi connectivity index (χ0n) is 9.59. The van der Waals surface area contributed by atoms with E-state index in [1.807, 2.05) is 6.07 Å². The van der Waals surface area contributed by atoms with E-state index in [1.165, 1.54) is 12.4 Å². The molecular weight excluding hydrogens is 266 g/mol. The maximum atomic E-state index is 12.0. The summed E-state index contributed by atoms with van der Waals surface area (Å²) in [7, 11) is 0. The summed E-state index contributed by atoms with van der Waals surface area (Å²) in [5.74, 6) is 0.0761. The second-order valence-corrected chi connectivity index (χ2v) is 4.24. The van der Waals surface area contributed by atoms with E-state index in [4.69, 9.17) is 11.6 Å². The predicted octanol–water partition coefficient (Wildman–Crippen LogP) is 2.26. The summed E-state index contributed by atoms with van der Waals surface area (Å²) in [6, 6.07) is 5.26. The molecule has 3 aromatic rings. The number of aromatic amines is 1. The Balaban J connectivity index is 1.84. The van der Waals surface area contributed by atoms with Crippen LogP contribution in [0.15, 0.2) is 36.8 Å². The van der Waals surface area contributed by atoms with Gasteiger partial charge in [0.25, 0.3) is 5.91 Å². The smallest absolute Gasteiger partial charge is 0.256 e. The van der Waals surface area contributed by atoms with Gasteiger partial charge >= 0.3 is 0 Å². The number of amides is 1. The molecule has 2 aromatic heterocycles. The molecule has 0 bridgehead atoms. The number of carbonyl (C=O) groups is 1. The average molecular weight is 274 g/mol. The van der Waals surface area contributed by atoms with Gasteiger partial charge in [0, 0.05) is 10.9 Å². The molecule has 1 amide bonds. The van der Waals surface area contributed by atoms with Crippen LogP contribution in [0.3, 0.4) is 0 Å². The van der Waals surface area contributed by atoms with Crippen molar-refractivity contribution < 1.29 is 4.79 Å². The van der Waals surface area contributed by atoms with Crippen LogP contribution < -0.4 is 5.32 Å². The van der Waals surface area contributed by atoms with Gasteiger partial charge in [-0.15, -0.1) is 0 Å². The molecule has 0 fully saturated rings. The van der Waals surface area contributed by atoms with Crippen LogP contribution in [0.25, 0.3) is 10.9 Å². The Labute approximate surface area is 112 Å². The third-order valence-corrected chi connectivity index (χ3v) is 2.76. The van der Waals surface area contributed by atoms with Gasteiger partial charge in [-0.05, 0) is 12.1 Å². The highest BCUT2D eigenvalue weighted by Gasteiger charge is 2.08. The second-order valence-electron chi connectivity index (χ2n) is 3.85. The van der Waals surface area contributed by atoms with E-state index in [0.29, 0.717) is 11.4 Å². The van der Waals surface area contributed by atoms with Gasteiger partial charge in [0.05, 0.1) is 24.1 Å². The van der Waals surface area contributed by atoms with Gasteiger partial charge in [-0.1, -0.05) is 17.7 Å². The van der Waals surface area contributed by atoms with E-state index in [-0.39, 0.29) is 11.1 Å². The molecule has 0 saturated carbocycles. The van der Waals surface area contributed by atoms with Gasteiger partial charge in [0.15, 0.2) is 5.82 Å². The maximum Gasteiger partial charge on any atom is 0.256 e. The number of hydrogen-bond acceptors (Lipinski definition) is 4. The van der Waals surface area contributed by atoms with Crippen molar-refractivity contribution in [3.63, 3.8) is 0 Å². The van der Waals surface area contributed by atoms with E-state index in [0.717, 1.165) is 10.9 Å². The molecule has 0 unspecified atom stereocenters. The van der Waals surface area contributed by atoms with Gasteiger partial charge in [-0.25, -0.2) is 9.97 Å². The Morgan fingerprint density at radius 1 is 1.21 bits per heavy atom. The first-order chi connectivity index (χ1) is 9.22. The van der Waals surface area contributed by atoms with E-state index in [9.17, 15) is 4.79 Å². The lowest BCUT2D eigenvalue weighted by atomic mass is 10.1. The van der Waals surface area contributed by atoms with Crippen LogP contribution in [-0.2, 0) is 0 Å². The normalized spacial score (nSPS) is 10.6. The SMILES string of the molecule is O=C(Nc1cnc(Cl)cn1)c1ccc2cn[nH]c2c1. The molecule has 6 nitrogen and oxygen atoms in total. The fourth-order valence-corrected chi connectivity index (χ4v) is 1.74. The fraction of sp³-hybridized carbons (Fsp3) is 0. The molecule has 0 spiro atoms. The predicted molar refractivity (Wildman–Crippen MR) is 71.1 cm³/mol. The van der Waals surface area contributed by atoms with Crippen LogP contribution in [0.1, 0.15) is 10.4 Å². The van der Waals surface area contributed by atoms with Crippen LogP contribution in [0, 0.1) is 0 Å². The number of nitrogens with one attached hydrogen (secondary N) is 2. The number of benzene rings is 1. The number of nitrogens with zero attached hydrogens (tertiary/aromatic N) is 3. The summed E-state index contributed by atoms with van der Waals surface area (Å²) < 4.78 is 0. The molecule has 0 radical (unpaired) electrons. The standard InChI is InChI=1S/C12H8ClN5O/c13-10-5-15-11(6-14-10)17-12(19)7-1-2-8-4-16-18-9(8)3-7/h1-6H,(H,16,18)(H,15,17,19). The van der Waals surface area contributed by atoms with Gasteiger partial charge in [-0.3, -0.25) is 9.89 Å². The van der Waals surface area contributed by atoms with Crippen molar-refractivity contribution in [1.82, 2.24) is 20.2 Å². The van der Waals surface area contributed by atoms with Crippen molar-refractivity contribution >= 4 is 34.2 Å². The quantitative estimate of drug-likeness (QED) is 0.750. The summed E-state index contributed by atoms with van der Waals surface area (Å²) in [5, 5.41) is 10.6. The molecule has 1 aromatic carbocycles. The summed E-state index contributed by atoms with van der Waals surface area (Å²) in [4.78, 5) is 19.8. The van der Waals surface area contributed by atoms with Crippen molar-refractivity contribution in [2.45, 2.75) is 0 Å². The molecule has 19 heavy (non-hydrogen) atoms. The second kappa shape index (κ2) is 4.66. The number of fused-ring (bicyclic) bond motifs is 1. The molecule has 2 heterocycles. The Bertz CT molecular complexity index is 737. The minimum absolute atomic E-state index is 0.270. The molecule has 0 aliphatic carbocycles. The minimum atomic E-state index is -0.270. The van der Waals surface area contributed by atoms with Crippen LogP contribution in [0.2, 0.25) is 5.15 Å². The molecule has 3 rings (SSSR count). The van der Waals surface area contributed by atoms with Crippen molar-refractivity contribution in [3.05, 3.63) is 47.5 Å². The lowest BCUT2D eigenvalue weighted by Gasteiger charge is -2.03. The molecule has 0 atom stereocenters. The molecule has 0 aliphatic heterocycles. The van der Waals surface area contributed by atoms with Crippen molar-refractivity contribution in [2.24, 2.45) is 0 Å². The number of aromatic nitrogens is 4. The topological polar surface area (TPSA) is 83.6 Å². The third kappa shape index (κ3) is 2.38. The largest absolute Gasteiger partial charge is 0.305 e. The van der Waals surface area contributed by atoms with Crippen molar-refractivity contribution in [3.8, 4) is 0 Å². The van der Waals surface area contributed by atoms with Gasteiger partial charge in [0.2, 0.25) is 0 Å². The first-order valence-electron chi connectivity index (χ1n) is 5.44. The first kappa shape index (κ1) is 11.6. The highest BCUT2D eigenvalue weighted by Crippen LogP contribution is 2.14. The van der Waals surface area contributed by atoms with Gasteiger partial charge in [-0.2, -0.15) is 5.10 Å². The van der Waals surface area contributed by atoms with E-state index < -0.39 is 0 Å². The Hall–Kier alpha value is -2.47. The number of anilines is 1. The van der Waals surface area contributed by atoms with Crippen LogP contribution in [-0.4, -0.2) is 26.1 Å². The molecule has 0 aliphatic rings. The number of carbonyl (C=O) groups excluding carboxylic acids is 1. The molecular formula is C12H8ClN5O. The van der Waals surface area contributed by atoms with Gasteiger partial charge < -0.3 is 5.32 Å². The molecule has 2 N–H and O–H groups in total. The van der Waals surface area contributed by atoms with E-state index in [1.54, 1.807) is 18.3 Å². The monoisotopic (exact) mass is 273 g/mol. The third-order valence-electron chi connectivity index (χ3n) is 2.57. The zero-order valence-corrected chi connectivity index (χ0v) is 10.3. The van der Waals surface area contributed by atoms with Crippen LogP contribution >= 0.6 is 11.6 Å². The number of H-pyrrole nitrogens is 1. The maximum absolute atomic E-state index is 12.0. The van der Waals surface area contributed by atoms with Crippen molar-refractivity contribution in [1.29, 1.82) is 0 Å². The van der Waals surface area contributed by atoms with E-state index >= 15 is 0 Å². The average Bonchev–Trinajstić information content (AvgIpc) is 2.88. The summed E-state index contributed by atoms with van der Waals surface area (Å²) in [6.07, 6.45) is 4.46. The summed E-state index contributed by atoms with van der Waals surface area (Å²) in [5.41, 5.74) is 1.31. The number of hydrogen-bond donors (Lipinski definition) is 2. The van der Waals surface area contributed by atoms with Gasteiger partial charge in [0.1, 0.15) is 5.15 Å².